The third kappa shape index (κ3) is 3.39. The summed E-state index contributed by atoms with van der Waals surface area (Å²) in [5, 5.41) is 6.79. The summed E-state index contributed by atoms with van der Waals surface area (Å²) < 4.78 is 0. The molecule has 0 aromatic carbocycles. The van der Waals surface area contributed by atoms with Gasteiger partial charge in [0, 0.05) is 19.6 Å². The number of hydrogen-bond donors (Lipinski definition) is 2. The van der Waals surface area contributed by atoms with Crippen LogP contribution in [0.3, 0.4) is 0 Å². The van der Waals surface area contributed by atoms with Gasteiger partial charge in [-0.15, -0.1) is 0 Å². The molecule has 3 heteroatoms. The van der Waals surface area contributed by atoms with Crippen LogP contribution in [0.1, 0.15) is 46.0 Å². The van der Waals surface area contributed by atoms with Gasteiger partial charge in [0.05, 0.1) is 0 Å². The Hall–Kier alpha value is -0.730. The summed E-state index contributed by atoms with van der Waals surface area (Å²) in [6.45, 7) is 7.48. The molecule has 0 saturated heterocycles. The Bertz CT molecular complexity index is 252. The van der Waals surface area contributed by atoms with E-state index in [0.717, 1.165) is 31.5 Å². The van der Waals surface area contributed by atoms with Crippen LogP contribution in [-0.2, 0) is 0 Å². The van der Waals surface area contributed by atoms with E-state index in [0.29, 0.717) is 5.41 Å². The van der Waals surface area contributed by atoms with Gasteiger partial charge in [0.1, 0.15) is 0 Å². The van der Waals surface area contributed by atoms with Gasteiger partial charge in [0.15, 0.2) is 5.96 Å². The number of aliphatic imine (C=N–C) groups is 1. The molecule has 92 valence electrons. The molecule has 0 bridgehead atoms. The Morgan fingerprint density at radius 2 is 2.06 bits per heavy atom. The van der Waals surface area contributed by atoms with Crippen molar-refractivity contribution < 1.29 is 0 Å². The lowest BCUT2D eigenvalue weighted by Crippen LogP contribution is -2.41. The van der Waals surface area contributed by atoms with Crippen molar-refractivity contribution in [3.63, 3.8) is 0 Å². The van der Waals surface area contributed by atoms with Gasteiger partial charge in [-0.2, -0.15) is 0 Å². The van der Waals surface area contributed by atoms with Crippen LogP contribution in [0.2, 0.25) is 0 Å². The minimum Gasteiger partial charge on any atom is -0.357 e. The zero-order valence-electron chi connectivity index (χ0n) is 10.7. The van der Waals surface area contributed by atoms with Gasteiger partial charge in [0.2, 0.25) is 0 Å². The maximum atomic E-state index is 4.67. The molecule has 0 amide bonds. The first-order valence-corrected chi connectivity index (χ1v) is 6.74. The molecule has 2 saturated carbocycles. The Labute approximate surface area is 99.1 Å². The van der Waals surface area contributed by atoms with Crippen molar-refractivity contribution in [3.8, 4) is 0 Å². The summed E-state index contributed by atoms with van der Waals surface area (Å²) in [5.74, 6) is 1.91. The molecule has 2 N–H and O–H groups in total. The number of hydrogen-bond acceptors (Lipinski definition) is 1. The quantitative estimate of drug-likeness (QED) is 0.553. The van der Waals surface area contributed by atoms with Crippen molar-refractivity contribution >= 4 is 5.96 Å². The number of rotatable bonds is 5. The van der Waals surface area contributed by atoms with Crippen LogP contribution >= 0.6 is 0 Å². The van der Waals surface area contributed by atoms with Gasteiger partial charge in [-0.3, -0.25) is 4.99 Å². The summed E-state index contributed by atoms with van der Waals surface area (Å²) in [7, 11) is 0. The molecule has 16 heavy (non-hydrogen) atoms. The SMILES string of the molecule is CCNC(=NCC1(C)CC1)NCC1CCC1. The molecule has 0 radical (unpaired) electrons. The van der Waals surface area contributed by atoms with Crippen LogP contribution in [0.5, 0.6) is 0 Å². The van der Waals surface area contributed by atoms with E-state index in [4.69, 9.17) is 0 Å². The Balaban J connectivity index is 1.73. The van der Waals surface area contributed by atoms with Crippen LogP contribution in [0.4, 0.5) is 0 Å². The van der Waals surface area contributed by atoms with Crippen molar-refractivity contribution in [1.29, 1.82) is 0 Å². The van der Waals surface area contributed by atoms with E-state index in [1.54, 1.807) is 0 Å². The van der Waals surface area contributed by atoms with Crippen LogP contribution in [-0.4, -0.2) is 25.6 Å². The topological polar surface area (TPSA) is 36.4 Å². The van der Waals surface area contributed by atoms with E-state index in [1.807, 2.05) is 0 Å². The summed E-state index contributed by atoms with van der Waals surface area (Å²) in [4.78, 5) is 4.67. The zero-order valence-corrected chi connectivity index (χ0v) is 10.7. The first-order valence-electron chi connectivity index (χ1n) is 6.74. The van der Waals surface area contributed by atoms with Crippen LogP contribution in [0.25, 0.3) is 0 Å². The average Bonchev–Trinajstić information content (AvgIpc) is 2.91. The molecule has 3 nitrogen and oxygen atoms in total. The molecule has 2 aliphatic carbocycles. The minimum absolute atomic E-state index is 0.513. The lowest BCUT2D eigenvalue weighted by atomic mass is 9.85. The van der Waals surface area contributed by atoms with Crippen molar-refractivity contribution in [2.45, 2.75) is 46.0 Å². The molecular formula is C13H25N3. The second-order valence-electron chi connectivity index (χ2n) is 5.68. The predicted molar refractivity (Wildman–Crippen MR) is 68.7 cm³/mol. The molecule has 0 spiro atoms. The zero-order chi connectivity index (χ0) is 11.4. The van der Waals surface area contributed by atoms with Crippen LogP contribution in [0.15, 0.2) is 4.99 Å². The van der Waals surface area contributed by atoms with Gasteiger partial charge in [0.25, 0.3) is 0 Å². The second-order valence-corrected chi connectivity index (χ2v) is 5.68. The van der Waals surface area contributed by atoms with Crippen LogP contribution < -0.4 is 10.6 Å². The molecule has 0 aromatic rings. The summed E-state index contributed by atoms with van der Waals surface area (Å²) in [5.41, 5.74) is 0.513. The lowest BCUT2D eigenvalue weighted by Gasteiger charge is -2.26. The minimum atomic E-state index is 0.513. The highest BCUT2D eigenvalue weighted by Gasteiger charge is 2.36. The molecule has 2 aliphatic rings. The maximum Gasteiger partial charge on any atom is 0.191 e. The van der Waals surface area contributed by atoms with E-state index in [2.05, 4.69) is 29.5 Å². The van der Waals surface area contributed by atoms with Gasteiger partial charge in [-0.1, -0.05) is 13.3 Å². The van der Waals surface area contributed by atoms with Crippen molar-refractivity contribution in [2.75, 3.05) is 19.6 Å². The molecule has 2 rings (SSSR count). The van der Waals surface area contributed by atoms with Gasteiger partial charge >= 0.3 is 0 Å². The third-order valence-electron chi connectivity index (χ3n) is 3.85. The maximum absolute atomic E-state index is 4.67. The first-order chi connectivity index (χ1) is 7.72. The fourth-order valence-electron chi connectivity index (χ4n) is 1.92. The highest BCUT2D eigenvalue weighted by Crippen LogP contribution is 2.44. The average molecular weight is 223 g/mol. The number of nitrogens with zero attached hydrogens (tertiary/aromatic N) is 1. The van der Waals surface area contributed by atoms with Gasteiger partial charge in [-0.05, 0) is 43.9 Å². The highest BCUT2D eigenvalue weighted by molar-refractivity contribution is 5.79. The Morgan fingerprint density at radius 1 is 1.31 bits per heavy atom. The van der Waals surface area contributed by atoms with Gasteiger partial charge < -0.3 is 10.6 Å². The molecule has 0 aliphatic heterocycles. The van der Waals surface area contributed by atoms with E-state index >= 15 is 0 Å². The molecule has 0 heterocycles. The first kappa shape index (κ1) is 11.7. The standard InChI is InChI=1S/C13H25N3/c1-3-14-12(15-9-11-5-4-6-11)16-10-13(2)7-8-13/h11H,3-10H2,1-2H3,(H2,14,15,16). The predicted octanol–water partition coefficient (Wildman–Crippen LogP) is 2.14. The van der Waals surface area contributed by atoms with Gasteiger partial charge in [-0.25, -0.2) is 0 Å². The van der Waals surface area contributed by atoms with Crippen molar-refractivity contribution in [2.24, 2.45) is 16.3 Å². The van der Waals surface area contributed by atoms with Crippen molar-refractivity contribution in [1.82, 2.24) is 10.6 Å². The third-order valence-corrected chi connectivity index (χ3v) is 3.85. The molecular weight excluding hydrogens is 198 g/mol. The normalized spacial score (nSPS) is 23.8. The van der Waals surface area contributed by atoms with Crippen molar-refractivity contribution in [3.05, 3.63) is 0 Å². The number of nitrogens with one attached hydrogen (secondary N) is 2. The molecule has 0 atom stereocenters. The van der Waals surface area contributed by atoms with E-state index in [-0.39, 0.29) is 0 Å². The smallest absolute Gasteiger partial charge is 0.191 e. The van der Waals surface area contributed by atoms with Crippen LogP contribution in [0, 0.1) is 11.3 Å². The number of guanidine groups is 1. The summed E-state index contributed by atoms with van der Waals surface area (Å²) in [6, 6.07) is 0. The summed E-state index contributed by atoms with van der Waals surface area (Å²) >= 11 is 0. The molecule has 0 aromatic heterocycles. The largest absolute Gasteiger partial charge is 0.357 e. The summed E-state index contributed by atoms with van der Waals surface area (Å²) in [6.07, 6.45) is 6.89. The van der Waals surface area contributed by atoms with E-state index in [1.165, 1.54) is 32.1 Å². The molecule has 2 fully saturated rings. The lowest BCUT2D eigenvalue weighted by molar-refractivity contribution is 0.314. The van der Waals surface area contributed by atoms with E-state index in [9.17, 15) is 0 Å². The molecule has 0 unspecified atom stereocenters. The van der Waals surface area contributed by atoms with E-state index < -0.39 is 0 Å². The fourth-order valence-corrected chi connectivity index (χ4v) is 1.92. The Kier molecular flexibility index (Phi) is 3.72. The highest BCUT2D eigenvalue weighted by atomic mass is 15.2. The second kappa shape index (κ2) is 5.07. The Morgan fingerprint density at radius 3 is 2.56 bits per heavy atom. The fraction of sp³-hybridized carbons (Fsp3) is 0.923. The monoisotopic (exact) mass is 223 g/mol.